The predicted octanol–water partition coefficient (Wildman–Crippen LogP) is 5.27. The zero-order valence-corrected chi connectivity index (χ0v) is 14.6. The lowest BCUT2D eigenvalue weighted by Gasteiger charge is -2.23. The first-order valence-electron chi connectivity index (χ1n) is 8.18. The van der Waals surface area contributed by atoms with E-state index in [1.807, 2.05) is 19.1 Å². The number of nitrogens with zero attached hydrogens (tertiary/aromatic N) is 4. The Labute approximate surface area is 148 Å². The van der Waals surface area contributed by atoms with E-state index in [-0.39, 0.29) is 0 Å². The average molecular weight is 334 g/mol. The van der Waals surface area contributed by atoms with Gasteiger partial charge in [-0.05, 0) is 61.9 Å². The van der Waals surface area contributed by atoms with E-state index in [1.54, 1.807) is 24.3 Å². The number of aryl methyl sites for hydroxylation is 1. The molecule has 0 atom stereocenters. The summed E-state index contributed by atoms with van der Waals surface area (Å²) in [5.74, 6) is 0. The summed E-state index contributed by atoms with van der Waals surface area (Å²) in [5, 5.41) is 17.4. The third kappa shape index (κ3) is 5.18. The van der Waals surface area contributed by atoms with Crippen LogP contribution in [-0.4, -0.2) is 19.7 Å². The zero-order chi connectivity index (χ0) is 18.1. The molecule has 0 aliphatic rings. The lowest BCUT2D eigenvalue weighted by atomic mass is 10.1. The van der Waals surface area contributed by atoms with Gasteiger partial charge in [0.2, 0.25) is 0 Å². The van der Waals surface area contributed by atoms with Gasteiger partial charge in [-0.2, -0.15) is 15.5 Å². The molecule has 2 aromatic carbocycles. The fourth-order valence-corrected chi connectivity index (χ4v) is 2.38. The maximum absolute atomic E-state index is 8.81. The Morgan fingerprint density at radius 2 is 1.96 bits per heavy atom. The maximum Gasteiger partial charge on any atom is 0.105 e. The number of nitriles is 1. The van der Waals surface area contributed by atoms with Crippen LogP contribution in [0, 0.1) is 18.3 Å². The maximum atomic E-state index is 8.81. The van der Waals surface area contributed by atoms with Crippen molar-refractivity contribution in [1.82, 2.24) is 0 Å². The number of anilines is 1. The molecule has 0 amide bonds. The monoisotopic (exact) mass is 334 g/mol. The first-order valence-corrected chi connectivity index (χ1v) is 8.18. The highest BCUT2D eigenvalue weighted by Gasteiger charge is 2.06. The smallest absolute Gasteiger partial charge is 0.105 e. The molecule has 5 nitrogen and oxygen atoms in total. The first-order chi connectivity index (χ1) is 12.2. The molecule has 0 aromatic heterocycles. The molecule has 0 fully saturated rings. The number of hydrogen-bond donors (Lipinski definition) is 0. The fraction of sp³-hybridized carbons (Fsp3) is 0.250. The van der Waals surface area contributed by atoms with Gasteiger partial charge in [0.25, 0.3) is 0 Å². The molecule has 0 bridgehead atoms. The highest BCUT2D eigenvalue weighted by Crippen LogP contribution is 2.26. The molecule has 0 N–H and O–H groups in total. The van der Waals surface area contributed by atoms with Crippen molar-refractivity contribution in [1.29, 1.82) is 5.26 Å². The summed E-state index contributed by atoms with van der Waals surface area (Å²) >= 11 is 0. The van der Waals surface area contributed by atoms with Crippen molar-refractivity contribution in [2.75, 3.05) is 24.6 Å². The standard InChI is InChI=1S/C20H22N4O/c1-4-24(12-13-25-5-2)19-10-11-20(16(3)14-19)23-22-18-8-6-17(15-21)7-9-18/h5-11,14H,2,4,12-13H2,1,3H3. The van der Waals surface area contributed by atoms with E-state index in [0.717, 1.165) is 35.7 Å². The van der Waals surface area contributed by atoms with E-state index in [2.05, 4.69) is 40.8 Å². The fourth-order valence-electron chi connectivity index (χ4n) is 2.38. The Kier molecular flexibility index (Phi) is 6.73. The molecular weight excluding hydrogens is 312 g/mol. The summed E-state index contributed by atoms with van der Waals surface area (Å²) in [6.45, 7) is 9.99. The predicted molar refractivity (Wildman–Crippen MR) is 101 cm³/mol. The van der Waals surface area contributed by atoms with Crippen LogP contribution >= 0.6 is 0 Å². The van der Waals surface area contributed by atoms with Gasteiger partial charge in [0.15, 0.2) is 0 Å². The minimum absolute atomic E-state index is 0.608. The SMILES string of the molecule is C=COCCN(CC)c1ccc(N=Nc2ccc(C#N)cc2)c(C)c1. The number of likely N-dealkylation sites (N-methyl/N-ethyl adjacent to an activating group) is 1. The number of azo groups is 1. The average Bonchev–Trinajstić information content (AvgIpc) is 2.65. The molecule has 0 aliphatic heterocycles. The third-order valence-corrected chi connectivity index (χ3v) is 3.79. The van der Waals surface area contributed by atoms with E-state index < -0.39 is 0 Å². The Balaban J connectivity index is 2.11. The van der Waals surface area contributed by atoms with Crippen molar-refractivity contribution in [2.24, 2.45) is 10.2 Å². The van der Waals surface area contributed by atoms with Crippen LogP contribution in [-0.2, 0) is 4.74 Å². The molecule has 0 saturated heterocycles. The lowest BCUT2D eigenvalue weighted by Crippen LogP contribution is -2.26. The topological polar surface area (TPSA) is 61.0 Å². The molecular formula is C20H22N4O. The second-order valence-corrected chi connectivity index (χ2v) is 5.45. The lowest BCUT2D eigenvalue weighted by molar-refractivity contribution is 0.258. The minimum atomic E-state index is 0.608. The number of hydrogen-bond acceptors (Lipinski definition) is 5. The molecule has 25 heavy (non-hydrogen) atoms. The summed E-state index contributed by atoms with van der Waals surface area (Å²) in [7, 11) is 0. The van der Waals surface area contributed by atoms with E-state index in [1.165, 1.54) is 6.26 Å². The molecule has 0 spiro atoms. The van der Waals surface area contributed by atoms with Gasteiger partial charge in [0, 0.05) is 12.2 Å². The van der Waals surface area contributed by atoms with Crippen LogP contribution in [0.4, 0.5) is 17.1 Å². The van der Waals surface area contributed by atoms with Crippen LogP contribution < -0.4 is 4.90 Å². The van der Waals surface area contributed by atoms with E-state index in [4.69, 9.17) is 10.00 Å². The van der Waals surface area contributed by atoms with Crippen molar-refractivity contribution in [3.8, 4) is 6.07 Å². The summed E-state index contributed by atoms with van der Waals surface area (Å²) < 4.78 is 5.21. The largest absolute Gasteiger partial charge is 0.500 e. The molecule has 0 radical (unpaired) electrons. The molecule has 0 saturated carbocycles. The molecule has 5 heteroatoms. The second-order valence-electron chi connectivity index (χ2n) is 5.45. The van der Waals surface area contributed by atoms with Crippen LogP contribution in [0.5, 0.6) is 0 Å². The van der Waals surface area contributed by atoms with Crippen molar-refractivity contribution in [3.63, 3.8) is 0 Å². The van der Waals surface area contributed by atoms with Crippen LogP contribution in [0.1, 0.15) is 18.1 Å². The van der Waals surface area contributed by atoms with Crippen LogP contribution in [0.3, 0.4) is 0 Å². The van der Waals surface area contributed by atoms with E-state index in [9.17, 15) is 0 Å². The van der Waals surface area contributed by atoms with Gasteiger partial charge < -0.3 is 9.64 Å². The van der Waals surface area contributed by atoms with Crippen molar-refractivity contribution in [3.05, 3.63) is 66.4 Å². The Bertz CT molecular complexity index is 775. The van der Waals surface area contributed by atoms with Crippen molar-refractivity contribution < 1.29 is 4.74 Å². The van der Waals surface area contributed by atoms with Gasteiger partial charge in [-0.3, -0.25) is 0 Å². The summed E-state index contributed by atoms with van der Waals surface area (Å²) in [4.78, 5) is 2.23. The van der Waals surface area contributed by atoms with Crippen LogP contribution in [0.15, 0.2) is 65.5 Å². The van der Waals surface area contributed by atoms with Crippen LogP contribution in [0.25, 0.3) is 0 Å². The van der Waals surface area contributed by atoms with Gasteiger partial charge in [-0.15, -0.1) is 0 Å². The Morgan fingerprint density at radius 3 is 2.56 bits per heavy atom. The summed E-state index contributed by atoms with van der Waals surface area (Å²) in [6, 6.07) is 15.2. The van der Waals surface area contributed by atoms with Crippen LogP contribution in [0.2, 0.25) is 0 Å². The first kappa shape index (κ1) is 18.2. The molecule has 0 unspecified atom stereocenters. The van der Waals surface area contributed by atoms with Gasteiger partial charge in [-0.1, -0.05) is 6.58 Å². The highest BCUT2D eigenvalue weighted by molar-refractivity contribution is 5.57. The quantitative estimate of drug-likeness (QED) is 0.375. The van der Waals surface area contributed by atoms with E-state index in [0.29, 0.717) is 12.2 Å². The van der Waals surface area contributed by atoms with Gasteiger partial charge in [0.05, 0.1) is 35.8 Å². The number of benzene rings is 2. The summed E-state index contributed by atoms with van der Waals surface area (Å²) in [6.07, 6.45) is 1.46. The zero-order valence-electron chi connectivity index (χ0n) is 14.6. The third-order valence-electron chi connectivity index (χ3n) is 3.79. The highest BCUT2D eigenvalue weighted by atomic mass is 16.5. The van der Waals surface area contributed by atoms with Crippen molar-refractivity contribution in [2.45, 2.75) is 13.8 Å². The molecule has 2 aromatic rings. The van der Waals surface area contributed by atoms with Gasteiger partial charge in [-0.25, -0.2) is 0 Å². The molecule has 0 aliphatic carbocycles. The minimum Gasteiger partial charge on any atom is -0.500 e. The number of rotatable bonds is 8. The van der Waals surface area contributed by atoms with Gasteiger partial charge in [0.1, 0.15) is 6.61 Å². The Hall–Kier alpha value is -3.13. The molecule has 128 valence electrons. The normalized spacial score (nSPS) is 10.4. The number of ether oxygens (including phenoxy) is 1. The van der Waals surface area contributed by atoms with Gasteiger partial charge >= 0.3 is 0 Å². The Morgan fingerprint density at radius 1 is 1.20 bits per heavy atom. The van der Waals surface area contributed by atoms with Crippen molar-refractivity contribution >= 4 is 17.1 Å². The summed E-state index contributed by atoms with van der Waals surface area (Å²) in [5.41, 5.74) is 4.34. The molecule has 0 heterocycles. The molecule has 2 rings (SSSR count). The van der Waals surface area contributed by atoms with E-state index >= 15 is 0 Å². The second kappa shape index (κ2) is 9.24.